The molecule has 0 saturated heterocycles. The third kappa shape index (κ3) is 6.72. The van der Waals surface area contributed by atoms with Crippen LogP contribution in [0.25, 0.3) is 0 Å². The topological polar surface area (TPSA) is 83.6 Å². The molecular weight excluding hydrogens is 304 g/mol. The van der Waals surface area contributed by atoms with Crippen molar-refractivity contribution in [2.45, 2.75) is 52.4 Å². The number of hydrogen-bond donors (Lipinski definition) is 3. The number of rotatable bonds is 3. The van der Waals surface area contributed by atoms with Crippen LogP contribution in [0.2, 0.25) is 0 Å². The van der Waals surface area contributed by atoms with Crippen molar-refractivity contribution < 1.29 is 23.8 Å². The van der Waals surface area contributed by atoms with Crippen LogP contribution >= 0.6 is 0 Å². The number of halogens is 2. The molecule has 0 aromatic heterocycles. The first-order valence-corrected chi connectivity index (χ1v) is 7.78. The first-order valence-electron chi connectivity index (χ1n) is 7.78. The number of ketones is 1. The summed E-state index contributed by atoms with van der Waals surface area (Å²) in [6.07, 6.45) is 1.92. The SMILES string of the molecule is Cc1cc(F)c(CC(C)C2CCC(=O)CC2)cc1F.NC(O)O. The molecule has 0 amide bonds. The minimum Gasteiger partial charge on any atom is -0.356 e. The number of benzene rings is 1. The van der Waals surface area contributed by atoms with E-state index in [4.69, 9.17) is 10.2 Å². The van der Waals surface area contributed by atoms with Crippen LogP contribution in [0.15, 0.2) is 12.1 Å². The minimum atomic E-state index is -1.67. The summed E-state index contributed by atoms with van der Waals surface area (Å²) in [5.74, 6) is 0.391. The van der Waals surface area contributed by atoms with Gasteiger partial charge in [0.05, 0.1) is 0 Å². The lowest BCUT2D eigenvalue weighted by molar-refractivity contribution is -0.121. The van der Waals surface area contributed by atoms with E-state index in [1.54, 1.807) is 6.92 Å². The van der Waals surface area contributed by atoms with Gasteiger partial charge in [-0.25, -0.2) is 8.78 Å². The molecule has 4 N–H and O–H groups in total. The fourth-order valence-corrected chi connectivity index (χ4v) is 2.89. The number of Topliss-reactive ketones (excluding diaryl/α,β-unsaturated/α-hetero) is 1. The van der Waals surface area contributed by atoms with E-state index in [0.29, 0.717) is 42.1 Å². The second kappa shape index (κ2) is 9.05. The van der Waals surface area contributed by atoms with Crippen LogP contribution in [-0.2, 0) is 11.2 Å². The summed E-state index contributed by atoms with van der Waals surface area (Å²) in [5, 5.41) is 14.8. The second-order valence-corrected chi connectivity index (χ2v) is 6.16. The van der Waals surface area contributed by atoms with Crippen molar-refractivity contribution in [3.05, 3.63) is 34.9 Å². The van der Waals surface area contributed by atoms with Crippen LogP contribution in [0, 0.1) is 30.4 Å². The van der Waals surface area contributed by atoms with Crippen molar-refractivity contribution >= 4 is 5.78 Å². The monoisotopic (exact) mass is 329 g/mol. The summed E-state index contributed by atoms with van der Waals surface area (Å²) in [7, 11) is 0. The molecule has 130 valence electrons. The van der Waals surface area contributed by atoms with Gasteiger partial charge in [0.25, 0.3) is 0 Å². The molecule has 0 bridgehead atoms. The molecular formula is C17H25F2NO3. The molecule has 1 fully saturated rings. The van der Waals surface area contributed by atoms with Gasteiger partial charge in [-0.1, -0.05) is 6.92 Å². The average molecular weight is 329 g/mol. The molecule has 1 aliphatic rings. The Morgan fingerprint density at radius 3 is 2.26 bits per heavy atom. The maximum Gasteiger partial charge on any atom is 0.208 e. The van der Waals surface area contributed by atoms with Gasteiger partial charge in [-0.15, -0.1) is 0 Å². The molecule has 0 radical (unpaired) electrons. The highest BCUT2D eigenvalue weighted by Gasteiger charge is 2.24. The van der Waals surface area contributed by atoms with E-state index in [-0.39, 0.29) is 17.6 Å². The molecule has 23 heavy (non-hydrogen) atoms. The zero-order valence-electron chi connectivity index (χ0n) is 13.6. The van der Waals surface area contributed by atoms with E-state index in [1.165, 1.54) is 12.1 Å². The van der Waals surface area contributed by atoms with Crippen LogP contribution < -0.4 is 5.73 Å². The highest BCUT2D eigenvalue weighted by atomic mass is 19.1. The highest BCUT2D eigenvalue weighted by Crippen LogP contribution is 2.31. The van der Waals surface area contributed by atoms with Gasteiger partial charge in [-0.2, -0.15) is 0 Å². The summed E-state index contributed by atoms with van der Waals surface area (Å²) < 4.78 is 27.3. The summed E-state index contributed by atoms with van der Waals surface area (Å²) in [4.78, 5) is 11.2. The molecule has 4 nitrogen and oxygen atoms in total. The molecule has 6 heteroatoms. The molecule has 1 aliphatic carbocycles. The van der Waals surface area contributed by atoms with Crippen LogP contribution in [0.4, 0.5) is 8.78 Å². The summed E-state index contributed by atoms with van der Waals surface area (Å²) >= 11 is 0. The Morgan fingerprint density at radius 2 is 1.74 bits per heavy atom. The zero-order valence-corrected chi connectivity index (χ0v) is 13.6. The Bertz CT molecular complexity index is 522. The van der Waals surface area contributed by atoms with Crippen LogP contribution in [-0.4, -0.2) is 22.4 Å². The average Bonchev–Trinajstić information content (AvgIpc) is 2.44. The largest absolute Gasteiger partial charge is 0.356 e. The maximum absolute atomic E-state index is 13.8. The zero-order chi connectivity index (χ0) is 17.6. The van der Waals surface area contributed by atoms with Crippen molar-refractivity contribution in [2.24, 2.45) is 17.6 Å². The lowest BCUT2D eigenvalue weighted by atomic mass is 9.78. The molecule has 0 heterocycles. The summed E-state index contributed by atoms with van der Waals surface area (Å²) in [6.45, 7) is 3.63. The predicted molar refractivity (Wildman–Crippen MR) is 83.3 cm³/mol. The van der Waals surface area contributed by atoms with E-state index < -0.39 is 6.41 Å². The van der Waals surface area contributed by atoms with Crippen molar-refractivity contribution in [1.29, 1.82) is 0 Å². The van der Waals surface area contributed by atoms with Gasteiger partial charge in [0.1, 0.15) is 17.4 Å². The molecule has 1 atom stereocenters. The second-order valence-electron chi connectivity index (χ2n) is 6.16. The quantitative estimate of drug-likeness (QED) is 0.744. The van der Waals surface area contributed by atoms with Gasteiger partial charge in [-0.05, 0) is 61.3 Å². The van der Waals surface area contributed by atoms with Crippen LogP contribution in [0.5, 0.6) is 0 Å². The number of carbonyl (C=O) groups excluding carboxylic acids is 1. The van der Waals surface area contributed by atoms with Crippen molar-refractivity contribution in [1.82, 2.24) is 0 Å². The lowest BCUT2D eigenvalue weighted by Crippen LogP contribution is -2.21. The standard InChI is InChI=1S/C16H20F2O.CH5NO2/c1-10(12-3-5-14(19)6-4-12)7-13-9-15(17)11(2)8-16(13)18;2-1(3)4/h8-10,12H,3-7H2,1-2H3;1,3-4H,2H2. The molecule has 2 rings (SSSR count). The Kier molecular flexibility index (Phi) is 7.75. The fourth-order valence-electron chi connectivity index (χ4n) is 2.89. The van der Waals surface area contributed by atoms with Crippen LogP contribution in [0.3, 0.4) is 0 Å². The number of aryl methyl sites for hydroxylation is 1. The van der Waals surface area contributed by atoms with Gasteiger partial charge < -0.3 is 10.2 Å². The number of aliphatic hydroxyl groups excluding tert-OH is 1. The van der Waals surface area contributed by atoms with E-state index in [0.717, 1.165) is 12.8 Å². The molecule has 0 spiro atoms. The van der Waals surface area contributed by atoms with E-state index >= 15 is 0 Å². The fraction of sp³-hybridized carbons (Fsp3) is 0.588. The number of hydrogen-bond acceptors (Lipinski definition) is 4. The number of nitrogens with two attached hydrogens (primary N) is 1. The van der Waals surface area contributed by atoms with E-state index in [2.05, 4.69) is 12.7 Å². The Labute approximate surface area is 135 Å². The van der Waals surface area contributed by atoms with Gasteiger partial charge >= 0.3 is 0 Å². The van der Waals surface area contributed by atoms with Gasteiger partial charge in [0, 0.05) is 12.8 Å². The Balaban J connectivity index is 0.000000593. The van der Waals surface area contributed by atoms with Gasteiger partial charge in [0.2, 0.25) is 6.41 Å². The number of carbonyl (C=O) groups is 1. The Hall–Kier alpha value is -1.37. The summed E-state index contributed by atoms with van der Waals surface area (Å²) in [5.41, 5.74) is 5.02. The highest BCUT2D eigenvalue weighted by molar-refractivity contribution is 5.79. The molecule has 0 aliphatic heterocycles. The van der Waals surface area contributed by atoms with Crippen LogP contribution in [0.1, 0.15) is 43.7 Å². The van der Waals surface area contributed by atoms with E-state index in [9.17, 15) is 13.6 Å². The normalized spacial score (nSPS) is 17.0. The first kappa shape index (κ1) is 19.7. The molecule has 1 aromatic carbocycles. The van der Waals surface area contributed by atoms with Crippen molar-refractivity contribution in [2.75, 3.05) is 0 Å². The minimum absolute atomic E-state index is 0.282. The van der Waals surface area contributed by atoms with Gasteiger partial charge in [-0.3, -0.25) is 10.5 Å². The first-order chi connectivity index (χ1) is 10.7. The van der Waals surface area contributed by atoms with E-state index in [1.807, 2.05) is 0 Å². The smallest absolute Gasteiger partial charge is 0.208 e. The Morgan fingerprint density at radius 1 is 1.22 bits per heavy atom. The molecule has 1 unspecified atom stereocenters. The number of aliphatic hydroxyl groups is 2. The summed E-state index contributed by atoms with van der Waals surface area (Å²) in [6, 6.07) is 2.58. The molecule has 1 aromatic rings. The van der Waals surface area contributed by atoms with Gasteiger partial charge in [0.15, 0.2) is 0 Å². The third-order valence-corrected chi connectivity index (χ3v) is 4.26. The molecule has 1 saturated carbocycles. The lowest BCUT2D eigenvalue weighted by Gasteiger charge is -2.27. The third-order valence-electron chi connectivity index (χ3n) is 4.26. The maximum atomic E-state index is 13.8. The van der Waals surface area contributed by atoms with Crippen molar-refractivity contribution in [3.8, 4) is 0 Å². The van der Waals surface area contributed by atoms with Crippen molar-refractivity contribution in [3.63, 3.8) is 0 Å². The predicted octanol–water partition coefficient (Wildman–Crippen LogP) is 2.42.